The molecule has 1 atom stereocenters. The van der Waals surface area contributed by atoms with Crippen LogP contribution in [-0.2, 0) is 22.7 Å². The first-order valence-electron chi connectivity index (χ1n) is 8.62. The van der Waals surface area contributed by atoms with Crippen LogP contribution in [0.5, 0.6) is 5.75 Å². The number of urea groups is 1. The molecule has 0 aliphatic carbocycles. The highest BCUT2D eigenvalue weighted by molar-refractivity contribution is 6.05. The molecule has 1 fully saturated rings. The van der Waals surface area contributed by atoms with Gasteiger partial charge in [-0.1, -0.05) is 42.5 Å². The zero-order valence-corrected chi connectivity index (χ0v) is 15.0. The monoisotopic (exact) mass is 367 g/mol. The number of rotatable bonds is 7. The standard InChI is InChI=1S/C20H21N3O4/c1-27-16-9-7-14(8-10-16)12-21-18(24)11-17-19(25)23(20(26)22-17)13-15-5-3-2-4-6-15/h2-10,17H,11-13H2,1H3,(H,21,24)(H,22,26). The molecule has 1 heterocycles. The van der Waals surface area contributed by atoms with Crippen LogP contribution in [0.2, 0.25) is 0 Å². The maximum atomic E-state index is 12.4. The number of hydrogen-bond donors (Lipinski definition) is 2. The smallest absolute Gasteiger partial charge is 0.325 e. The van der Waals surface area contributed by atoms with E-state index in [1.807, 2.05) is 54.6 Å². The van der Waals surface area contributed by atoms with E-state index in [1.165, 1.54) is 0 Å². The second kappa shape index (κ2) is 8.35. The average Bonchev–Trinajstić information content (AvgIpc) is 2.95. The van der Waals surface area contributed by atoms with Gasteiger partial charge in [0, 0.05) is 6.54 Å². The summed E-state index contributed by atoms with van der Waals surface area (Å²) >= 11 is 0. The van der Waals surface area contributed by atoms with Gasteiger partial charge < -0.3 is 15.4 Å². The number of carbonyl (C=O) groups is 3. The van der Waals surface area contributed by atoms with E-state index in [4.69, 9.17) is 4.74 Å². The molecule has 2 N–H and O–H groups in total. The van der Waals surface area contributed by atoms with Gasteiger partial charge in [0.2, 0.25) is 5.91 Å². The predicted molar refractivity (Wildman–Crippen MR) is 98.8 cm³/mol. The van der Waals surface area contributed by atoms with Crippen molar-refractivity contribution in [3.05, 3.63) is 65.7 Å². The lowest BCUT2D eigenvalue weighted by Gasteiger charge is -2.13. The van der Waals surface area contributed by atoms with Gasteiger partial charge >= 0.3 is 6.03 Å². The van der Waals surface area contributed by atoms with Gasteiger partial charge in [0.15, 0.2) is 0 Å². The third kappa shape index (κ3) is 4.63. The third-order valence-corrected chi connectivity index (χ3v) is 4.33. The number of imide groups is 1. The summed E-state index contributed by atoms with van der Waals surface area (Å²) in [4.78, 5) is 37.8. The Balaban J connectivity index is 1.51. The van der Waals surface area contributed by atoms with Crippen LogP contribution in [0, 0.1) is 0 Å². The van der Waals surface area contributed by atoms with Crippen molar-refractivity contribution in [1.82, 2.24) is 15.5 Å². The van der Waals surface area contributed by atoms with E-state index in [9.17, 15) is 14.4 Å². The normalized spacial score (nSPS) is 16.2. The van der Waals surface area contributed by atoms with Crippen molar-refractivity contribution in [2.24, 2.45) is 0 Å². The highest BCUT2D eigenvalue weighted by atomic mass is 16.5. The van der Waals surface area contributed by atoms with Crippen molar-refractivity contribution >= 4 is 17.8 Å². The summed E-state index contributed by atoms with van der Waals surface area (Å²) in [6.45, 7) is 0.529. The molecule has 1 unspecified atom stereocenters. The van der Waals surface area contributed by atoms with Crippen LogP contribution >= 0.6 is 0 Å². The van der Waals surface area contributed by atoms with Crippen LogP contribution in [-0.4, -0.2) is 35.9 Å². The third-order valence-electron chi connectivity index (χ3n) is 4.33. The van der Waals surface area contributed by atoms with Gasteiger partial charge in [-0.05, 0) is 23.3 Å². The van der Waals surface area contributed by atoms with Crippen LogP contribution in [0.4, 0.5) is 4.79 Å². The van der Waals surface area contributed by atoms with Crippen molar-refractivity contribution < 1.29 is 19.1 Å². The molecule has 3 rings (SSSR count). The molecule has 0 spiro atoms. The van der Waals surface area contributed by atoms with Gasteiger partial charge in [-0.25, -0.2) is 4.79 Å². The van der Waals surface area contributed by atoms with Crippen molar-refractivity contribution in [1.29, 1.82) is 0 Å². The van der Waals surface area contributed by atoms with E-state index >= 15 is 0 Å². The Kier molecular flexibility index (Phi) is 5.71. The molecule has 4 amide bonds. The first-order chi connectivity index (χ1) is 13.1. The number of hydrogen-bond acceptors (Lipinski definition) is 4. The fourth-order valence-electron chi connectivity index (χ4n) is 2.83. The Morgan fingerprint density at radius 1 is 1.07 bits per heavy atom. The minimum Gasteiger partial charge on any atom is -0.497 e. The predicted octanol–water partition coefficient (Wildman–Crippen LogP) is 1.82. The number of ether oxygens (including phenoxy) is 1. The van der Waals surface area contributed by atoms with Crippen LogP contribution < -0.4 is 15.4 Å². The maximum Gasteiger partial charge on any atom is 0.325 e. The van der Waals surface area contributed by atoms with E-state index in [0.29, 0.717) is 6.54 Å². The van der Waals surface area contributed by atoms with Gasteiger partial charge in [-0.15, -0.1) is 0 Å². The Bertz CT molecular complexity index is 821. The summed E-state index contributed by atoms with van der Waals surface area (Å²) in [6.07, 6.45) is -0.0913. The van der Waals surface area contributed by atoms with Gasteiger partial charge in [0.1, 0.15) is 11.8 Å². The molecule has 7 nitrogen and oxygen atoms in total. The molecule has 2 aromatic carbocycles. The fraction of sp³-hybridized carbons (Fsp3) is 0.250. The van der Waals surface area contributed by atoms with Crippen LogP contribution in [0.15, 0.2) is 54.6 Å². The first-order valence-corrected chi connectivity index (χ1v) is 8.62. The summed E-state index contributed by atoms with van der Waals surface area (Å²) in [7, 11) is 1.59. The Labute approximate surface area is 157 Å². The molecule has 1 saturated heterocycles. The molecule has 27 heavy (non-hydrogen) atoms. The van der Waals surface area contributed by atoms with Crippen LogP contribution in [0.25, 0.3) is 0 Å². The summed E-state index contributed by atoms with van der Waals surface area (Å²) in [6, 6.07) is 15.3. The molecule has 2 aromatic rings. The number of carbonyl (C=O) groups excluding carboxylic acids is 3. The molecule has 1 aliphatic heterocycles. The van der Waals surface area contributed by atoms with Gasteiger partial charge in [-0.3, -0.25) is 14.5 Å². The van der Waals surface area contributed by atoms with Crippen LogP contribution in [0.3, 0.4) is 0 Å². The van der Waals surface area contributed by atoms with Crippen molar-refractivity contribution in [2.45, 2.75) is 25.6 Å². The molecule has 0 aromatic heterocycles. The molecule has 0 saturated carbocycles. The quantitative estimate of drug-likeness (QED) is 0.731. The largest absolute Gasteiger partial charge is 0.497 e. The summed E-state index contributed by atoms with van der Waals surface area (Å²) in [5, 5.41) is 5.34. The van der Waals surface area contributed by atoms with Crippen molar-refractivity contribution in [3.8, 4) is 5.75 Å². The zero-order valence-electron chi connectivity index (χ0n) is 15.0. The minimum atomic E-state index is -0.836. The van der Waals surface area contributed by atoms with Gasteiger partial charge in [0.05, 0.1) is 20.1 Å². The van der Waals surface area contributed by atoms with E-state index in [1.54, 1.807) is 7.11 Å². The summed E-state index contributed by atoms with van der Waals surface area (Å²) in [5.74, 6) is 0.0531. The molecular weight excluding hydrogens is 346 g/mol. The topological polar surface area (TPSA) is 87.7 Å². The molecule has 7 heteroatoms. The highest BCUT2D eigenvalue weighted by Gasteiger charge is 2.38. The van der Waals surface area contributed by atoms with E-state index in [-0.39, 0.29) is 24.8 Å². The second-order valence-corrected chi connectivity index (χ2v) is 6.24. The maximum absolute atomic E-state index is 12.4. The Morgan fingerprint density at radius 2 is 1.78 bits per heavy atom. The Morgan fingerprint density at radius 3 is 2.44 bits per heavy atom. The number of benzene rings is 2. The molecular formula is C20H21N3O4. The molecule has 140 valence electrons. The molecule has 0 radical (unpaired) electrons. The van der Waals surface area contributed by atoms with Gasteiger partial charge in [-0.2, -0.15) is 0 Å². The lowest BCUT2D eigenvalue weighted by atomic mass is 10.1. The summed E-state index contributed by atoms with van der Waals surface area (Å²) in [5.41, 5.74) is 1.77. The second-order valence-electron chi connectivity index (χ2n) is 6.24. The summed E-state index contributed by atoms with van der Waals surface area (Å²) < 4.78 is 5.09. The molecule has 1 aliphatic rings. The average molecular weight is 367 g/mol. The number of amides is 4. The Hall–Kier alpha value is -3.35. The number of methoxy groups -OCH3 is 1. The minimum absolute atomic E-state index is 0.0913. The number of nitrogens with one attached hydrogen (secondary N) is 2. The fourth-order valence-corrected chi connectivity index (χ4v) is 2.83. The number of nitrogens with zero attached hydrogens (tertiary/aromatic N) is 1. The van der Waals surface area contributed by atoms with Crippen molar-refractivity contribution in [2.75, 3.05) is 7.11 Å². The highest BCUT2D eigenvalue weighted by Crippen LogP contribution is 2.14. The van der Waals surface area contributed by atoms with E-state index in [0.717, 1.165) is 21.8 Å². The van der Waals surface area contributed by atoms with E-state index < -0.39 is 12.1 Å². The van der Waals surface area contributed by atoms with Crippen LogP contribution in [0.1, 0.15) is 17.5 Å². The zero-order chi connectivity index (χ0) is 19.2. The van der Waals surface area contributed by atoms with Crippen molar-refractivity contribution in [3.63, 3.8) is 0 Å². The SMILES string of the molecule is COc1ccc(CNC(=O)CC2NC(=O)N(Cc3ccccc3)C2=O)cc1. The lowest BCUT2D eigenvalue weighted by molar-refractivity contribution is -0.131. The lowest BCUT2D eigenvalue weighted by Crippen LogP contribution is -2.36. The first kappa shape index (κ1) is 18.4. The molecule has 0 bridgehead atoms. The van der Waals surface area contributed by atoms with E-state index in [2.05, 4.69) is 10.6 Å². The van der Waals surface area contributed by atoms with Gasteiger partial charge in [0.25, 0.3) is 5.91 Å².